The van der Waals surface area contributed by atoms with Crippen molar-refractivity contribution in [1.82, 2.24) is 0 Å². The summed E-state index contributed by atoms with van der Waals surface area (Å²) in [4.78, 5) is 0. The Kier molecular flexibility index (Phi) is 5.79. The Morgan fingerprint density at radius 2 is 1.75 bits per heavy atom. The van der Waals surface area contributed by atoms with Crippen LogP contribution in [0.3, 0.4) is 0 Å². The minimum atomic E-state index is 0.439. The molecule has 70 valence electrons. The molecule has 0 saturated carbocycles. The molecule has 0 heterocycles. The van der Waals surface area contributed by atoms with E-state index in [2.05, 4.69) is 39.5 Å². The third kappa shape index (κ3) is 9.48. The first-order chi connectivity index (χ1) is 5.56. The molecule has 0 atom stereocenters. The van der Waals surface area contributed by atoms with E-state index < -0.39 is 0 Å². The first-order valence-electron chi connectivity index (χ1n) is 4.82. The van der Waals surface area contributed by atoms with Crippen LogP contribution in [-0.4, -0.2) is 0 Å². The molecule has 0 heteroatoms. The molecular weight excluding hydrogens is 144 g/mol. The lowest BCUT2D eigenvalue weighted by atomic mass is 9.92. The third-order valence-corrected chi connectivity index (χ3v) is 1.68. The van der Waals surface area contributed by atoms with Gasteiger partial charge in [-0.15, -0.1) is 6.58 Å². The molecule has 0 rings (SSSR count). The smallest absolute Gasteiger partial charge is 0.0302 e. The average molecular weight is 166 g/mol. The summed E-state index contributed by atoms with van der Waals surface area (Å²) in [5.74, 6) is 0. The Morgan fingerprint density at radius 3 is 2.25 bits per heavy atom. The van der Waals surface area contributed by atoms with Crippen molar-refractivity contribution in [2.75, 3.05) is 0 Å². The van der Waals surface area contributed by atoms with Gasteiger partial charge in [-0.2, -0.15) is 0 Å². The van der Waals surface area contributed by atoms with Crippen LogP contribution in [0.15, 0.2) is 24.8 Å². The number of allylic oxidation sites excluding steroid dienone is 3. The molecular formula is C12H22. The van der Waals surface area contributed by atoms with Gasteiger partial charge in [-0.3, -0.25) is 0 Å². The van der Waals surface area contributed by atoms with Crippen LogP contribution in [0.25, 0.3) is 0 Å². The van der Waals surface area contributed by atoms with Crippen molar-refractivity contribution in [3.8, 4) is 0 Å². The van der Waals surface area contributed by atoms with Gasteiger partial charge in [0.15, 0.2) is 0 Å². The summed E-state index contributed by atoms with van der Waals surface area (Å²) < 4.78 is 0. The second-order valence-electron chi connectivity index (χ2n) is 4.46. The molecule has 0 saturated heterocycles. The normalized spacial score (nSPS) is 12.2. The van der Waals surface area contributed by atoms with Gasteiger partial charge in [0.25, 0.3) is 0 Å². The molecule has 0 aliphatic carbocycles. The highest BCUT2D eigenvalue weighted by molar-refractivity contribution is 4.86. The van der Waals surface area contributed by atoms with Gasteiger partial charge in [0.2, 0.25) is 0 Å². The maximum Gasteiger partial charge on any atom is -0.0302 e. The Morgan fingerprint density at radius 1 is 1.08 bits per heavy atom. The van der Waals surface area contributed by atoms with Gasteiger partial charge in [0.05, 0.1) is 0 Å². The van der Waals surface area contributed by atoms with Crippen LogP contribution in [0.2, 0.25) is 0 Å². The molecule has 0 aliphatic heterocycles. The highest BCUT2D eigenvalue weighted by Gasteiger charge is 2.05. The zero-order valence-electron chi connectivity index (χ0n) is 8.77. The molecule has 0 fully saturated rings. The molecule has 0 radical (unpaired) electrons. The van der Waals surface area contributed by atoms with Gasteiger partial charge in [-0.1, -0.05) is 39.0 Å². The van der Waals surface area contributed by atoms with E-state index in [1.807, 2.05) is 6.08 Å². The average Bonchev–Trinajstić information content (AvgIpc) is 1.94. The van der Waals surface area contributed by atoms with E-state index in [4.69, 9.17) is 0 Å². The van der Waals surface area contributed by atoms with E-state index in [0.717, 1.165) is 6.42 Å². The standard InChI is InChI=1S/C12H22/c1-5-6-7-8-9-10-11-12(2,3)4/h5,9-10H,1,6-8,11H2,2-4H3. The fourth-order valence-corrected chi connectivity index (χ4v) is 0.935. The van der Waals surface area contributed by atoms with Gasteiger partial charge < -0.3 is 0 Å². The SMILES string of the molecule is C=CCCCC=CCC(C)(C)C. The number of hydrogen-bond donors (Lipinski definition) is 0. The van der Waals surface area contributed by atoms with E-state index in [9.17, 15) is 0 Å². The predicted molar refractivity (Wildman–Crippen MR) is 57.3 cm³/mol. The minimum Gasteiger partial charge on any atom is -0.103 e. The maximum absolute atomic E-state index is 3.69. The lowest BCUT2D eigenvalue weighted by molar-refractivity contribution is 0.420. The quantitative estimate of drug-likeness (QED) is 0.421. The highest BCUT2D eigenvalue weighted by atomic mass is 14.1. The van der Waals surface area contributed by atoms with E-state index in [1.165, 1.54) is 19.3 Å². The van der Waals surface area contributed by atoms with Crippen molar-refractivity contribution in [2.45, 2.75) is 46.5 Å². The molecule has 0 amide bonds. The van der Waals surface area contributed by atoms with Crippen molar-refractivity contribution in [2.24, 2.45) is 5.41 Å². The van der Waals surface area contributed by atoms with Crippen molar-refractivity contribution in [3.05, 3.63) is 24.8 Å². The molecule has 0 aliphatic rings. The van der Waals surface area contributed by atoms with Gasteiger partial charge >= 0.3 is 0 Å². The third-order valence-electron chi connectivity index (χ3n) is 1.68. The first kappa shape index (κ1) is 11.5. The van der Waals surface area contributed by atoms with E-state index in [-0.39, 0.29) is 0 Å². The van der Waals surface area contributed by atoms with Crippen molar-refractivity contribution in [3.63, 3.8) is 0 Å². The molecule has 0 aromatic rings. The monoisotopic (exact) mass is 166 g/mol. The summed E-state index contributed by atoms with van der Waals surface area (Å²) in [6.45, 7) is 10.5. The zero-order valence-corrected chi connectivity index (χ0v) is 8.77. The van der Waals surface area contributed by atoms with Crippen LogP contribution in [0, 0.1) is 5.41 Å². The van der Waals surface area contributed by atoms with Crippen LogP contribution in [0.5, 0.6) is 0 Å². The first-order valence-corrected chi connectivity index (χ1v) is 4.82. The van der Waals surface area contributed by atoms with Gasteiger partial charge in [0.1, 0.15) is 0 Å². The Bertz CT molecular complexity index is 135. The molecule has 0 unspecified atom stereocenters. The Balaban J connectivity index is 3.31. The molecule has 0 nitrogen and oxygen atoms in total. The Labute approximate surface area is 77.4 Å². The van der Waals surface area contributed by atoms with Crippen LogP contribution in [0.1, 0.15) is 46.5 Å². The molecule has 0 spiro atoms. The van der Waals surface area contributed by atoms with E-state index in [0.29, 0.717) is 5.41 Å². The van der Waals surface area contributed by atoms with Crippen molar-refractivity contribution >= 4 is 0 Å². The fourth-order valence-electron chi connectivity index (χ4n) is 0.935. The summed E-state index contributed by atoms with van der Waals surface area (Å²) in [7, 11) is 0. The summed E-state index contributed by atoms with van der Waals surface area (Å²) in [5.41, 5.74) is 0.439. The molecule has 12 heavy (non-hydrogen) atoms. The van der Waals surface area contributed by atoms with Crippen molar-refractivity contribution in [1.29, 1.82) is 0 Å². The minimum absolute atomic E-state index is 0.439. The maximum atomic E-state index is 3.69. The van der Waals surface area contributed by atoms with E-state index in [1.54, 1.807) is 0 Å². The number of hydrogen-bond acceptors (Lipinski definition) is 0. The zero-order chi connectivity index (χ0) is 9.45. The van der Waals surface area contributed by atoms with Crippen LogP contribution >= 0.6 is 0 Å². The Hall–Kier alpha value is -0.520. The molecule has 0 bridgehead atoms. The molecule has 0 aromatic heterocycles. The number of rotatable bonds is 5. The summed E-state index contributed by atoms with van der Waals surface area (Å²) in [6, 6.07) is 0. The van der Waals surface area contributed by atoms with Crippen LogP contribution in [-0.2, 0) is 0 Å². The predicted octanol–water partition coefficient (Wildman–Crippen LogP) is 4.34. The summed E-state index contributed by atoms with van der Waals surface area (Å²) >= 11 is 0. The second-order valence-corrected chi connectivity index (χ2v) is 4.46. The number of unbranched alkanes of at least 4 members (excludes halogenated alkanes) is 2. The highest BCUT2D eigenvalue weighted by Crippen LogP contribution is 2.18. The summed E-state index contributed by atoms with van der Waals surface area (Å²) in [5, 5.41) is 0. The lowest BCUT2D eigenvalue weighted by Gasteiger charge is -2.14. The van der Waals surface area contributed by atoms with Crippen LogP contribution in [0.4, 0.5) is 0 Å². The fraction of sp³-hybridized carbons (Fsp3) is 0.667. The topological polar surface area (TPSA) is 0 Å². The molecule has 0 N–H and O–H groups in total. The summed E-state index contributed by atoms with van der Waals surface area (Å²) in [6.07, 6.45) is 11.3. The lowest BCUT2D eigenvalue weighted by Crippen LogP contribution is -2.01. The van der Waals surface area contributed by atoms with E-state index >= 15 is 0 Å². The largest absolute Gasteiger partial charge is 0.103 e. The van der Waals surface area contributed by atoms with Crippen molar-refractivity contribution < 1.29 is 0 Å². The second kappa shape index (κ2) is 6.05. The molecule has 0 aromatic carbocycles. The van der Waals surface area contributed by atoms with Gasteiger partial charge in [-0.05, 0) is 31.1 Å². The van der Waals surface area contributed by atoms with Gasteiger partial charge in [0, 0.05) is 0 Å². The van der Waals surface area contributed by atoms with Crippen LogP contribution < -0.4 is 0 Å². The van der Waals surface area contributed by atoms with Gasteiger partial charge in [-0.25, -0.2) is 0 Å².